The Balaban J connectivity index is 1.25. The summed E-state index contributed by atoms with van der Waals surface area (Å²) in [7, 11) is -4.17. The fourth-order valence-corrected chi connectivity index (χ4v) is 8.07. The molecule has 1 saturated heterocycles. The molecule has 2 aromatic heterocycles. The molecule has 3 heterocycles. The number of fused-ring (bicyclic) bond motifs is 2. The number of aromatic nitrogens is 4. The second-order valence-electron chi connectivity index (χ2n) is 12.5. The maximum atomic E-state index is 14.3. The Morgan fingerprint density at radius 3 is 2.51 bits per heavy atom. The average molecular weight is 694 g/mol. The molecule has 0 saturated carbocycles. The van der Waals surface area contributed by atoms with Crippen molar-refractivity contribution in [3.63, 3.8) is 0 Å². The lowest BCUT2D eigenvalue weighted by Crippen LogP contribution is -2.60. The first kappa shape index (κ1) is 34.2. The third-order valence-electron chi connectivity index (χ3n) is 9.35. The number of carboxylic acids is 1. The highest BCUT2D eigenvalue weighted by Gasteiger charge is 2.41. The summed E-state index contributed by atoms with van der Waals surface area (Å²) in [5, 5.41) is 12.1. The Morgan fingerprint density at radius 1 is 1.02 bits per heavy atom. The molecule has 1 aliphatic heterocycles. The molecule has 6 rings (SSSR count). The molecule has 2 N–H and O–H groups in total. The summed E-state index contributed by atoms with van der Waals surface area (Å²) in [6.07, 6.45) is 6.72. The number of sulfonamides is 1. The van der Waals surface area contributed by atoms with Crippen molar-refractivity contribution >= 4 is 38.9 Å². The van der Waals surface area contributed by atoms with Gasteiger partial charge in [-0.15, -0.1) is 0 Å². The normalized spacial score (nSPS) is 18.9. The van der Waals surface area contributed by atoms with Crippen molar-refractivity contribution in [2.75, 3.05) is 24.5 Å². The van der Waals surface area contributed by atoms with Gasteiger partial charge in [-0.05, 0) is 60.4 Å². The first-order valence-electron chi connectivity index (χ1n) is 16.2. The minimum atomic E-state index is -4.17. The maximum Gasteiger partial charge on any atom is 0.303 e. The van der Waals surface area contributed by atoms with Crippen LogP contribution in [0.5, 0.6) is 0 Å². The molecular formula is C34H37F2N7O5S. The van der Waals surface area contributed by atoms with Gasteiger partial charge in [0.1, 0.15) is 23.7 Å². The van der Waals surface area contributed by atoms with Crippen LogP contribution in [-0.4, -0.2) is 75.3 Å². The van der Waals surface area contributed by atoms with E-state index in [2.05, 4.69) is 25.3 Å². The van der Waals surface area contributed by atoms with E-state index in [0.717, 1.165) is 11.1 Å². The number of carboxylic acid groups (broad SMARTS) is 1. The standard InChI is InChI=1S/C34H37F2N7O5S/c1-2-34(35,36)26-10-5-23(6-11-26)17-39-33(46)29-20-42(30-19-38-28-18-37-21-40-32(28)41-30)13-14-43(29)49(47,48)27-12-9-24-7-3-22(15-31(44)45)4-8-25(24)16-27/h5-6,9-12,16,18-19,21-22,29H,2-4,7-8,13-15,17,20H2,1H3,(H,39,46)(H,44,45)/t22?,29-/m1/s1. The number of piperazine rings is 1. The molecule has 0 radical (unpaired) electrons. The van der Waals surface area contributed by atoms with Crippen molar-refractivity contribution in [3.8, 4) is 0 Å². The number of carbonyl (C=O) groups excluding carboxylic acids is 1. The van der Waals surface area contributed by atoms with Crippen molar-refractivity contribution < 1.29 is 31.9 Å². The van der Waals surface area contributed by atoms with Crippen LogP contribution in [0, 0.1) is 5.92 Å². The molecule has 2 atom stereocenters. The smallest absolute Gasteiger partial charge is 0.303 e. The first-order valence-corrected chi connectivity index (χ1v) is 17.7. The zero-order chi connectivity index (χ0) is 34.8. The number of alkyl halides is 2. The van der Waals surface area contributed by atoms with Crippen molar-refractivity contribution in [1.29, 1.82) is 0 Å². The van der Waals surface area contributed by atoms with Gasteiger partial charge in [-0.3, -0.25) is 9.59 Å². The van der Waals surface area contributed by atoms with Gasteiger partial charge in [0, 0.05) is 44.6 Å². The minimum Gasteiger partial charge on any atom is -0.481 e. The summed E-state index contributed by atoms with van der Waals surface area (Å²) in [5.41, 5.74) is 3.16. The predicted octanol–water partition coefficient (Wildman–Crippen LogP) is 4.09. The number of anilines is 1. The molecule has 2 aliphatic rings. The van der Waals surface area contributed by atoms with Gasteiger partial charge >= 0.3 is 5.97 Å². The van der Waals surface area contributed by atoms with Crippen molar-refractivity contribution in [1.82, 2.24) is 29.6 Å². The Morgan fingerprint density at radius 2 is 1.78 bits per heavy atom. The number of nitrogens with one attached hydrogen (secondary N) is 1. The molecular weight excluding hydrogens is 656 g/mol. The molecule has 1 unspecified atom stereocenters. The van der Waals surface area contributed by atoms with Crippen LogP contribution in [-0.2, 0) is 44.9 Å². The molecule has 0 bridgehead atoms. The summed E-state index contributed by atoms with van der Waals surface area (Å²) < 4.78 is 58.0. The summed E-state index contributed by atoms with van der Waals surface area (Å²) in [5.74, 6) is -3.93. The molecule has 0 spiro atoms. The van der Waals surface area contributed by atoms with Gasteiger partial charge in [0.15, 0.2) is 5.65 Å². The Kier molecular flexibility index (Phi) is 9.84. The molecule has 2 aromatic carbocycles. The SMILES string of the molecule is CCC(F)(F)c1ccc(CNC(=O)[C@H]2CN(c3cnc4cncnc4n3)CCN2S(=O)(=O)c2ccc3c(c2)CCC(CC(=O)O)CC3)cc1. The van der Waals surface area contributed by atoms with Crippen LogP contribution < -0.4 is 10.2 Å². The van der Waals surface area contributed by atoms with Gasteiger partial charge in [0.2, 0.25) is 15.9 Å². The second-order valence-corrected chi connectivity index (χ2v) is 14.4. The maximum absolute atomic E-state index is 14.3. The third kappa shape index (κ3) is 7.52. The molecule has 12 nitrogen and oxygen atoms in total. The van der Waals surface area contributed by atoms with E-state index in [-0.39, 0.29) is 55.4 Å². The quantitative estimate of drug-likeness (QED) is 0.232. The highest BCUT2D eigenvalue weighted by atomic mass is 32.2. The highest BCUT2D eigenvalue weighted by Crippen LogP contribution is 2.32. The number of rotatable bonds is 10. The van der Waals surface area contributed by atoms with Crippen LogP contribution in [0.25, 0.3) is 11.2 Å². The van der Waals surface area contributed by atoms with Crippen molar-refractivity contribution in [2.24, 2.45) is 5.92 Å². The number of aryl methyl sites for hydroxylation is 2. The number of nitrogens with zero attached hydrogens (tertiary/aromatic N) is 6. The van der Waals surface area contributed by atoms with Crippen LogP contribution in [0.3, 0.4) is 0 Å². The fraction of sp³-hybridized carbons (Fsp3) is 0.412. The average Bonchev–Trinajstić information content (AvgIpc) is 3.31. The molecule has 1 amide bonds. The minimum absolute atomic E-state index is 0.00422. The Hall–Kier alpha value is -4.63. The summed E-state index contributed by atoms with van der Waals surface area (Å²) in [6, 6.07) is 9.52. The van der Waals surface area contributed by atoms with Gasteiger partial charge < -0.3 is 15.3 Å². The molecule has 49 heavy (non-hydrogen) atoms. The van der Waals surface area contributed by atoms with Crippen LogP contribution in [0.1, 0.15) is 54.9 Å². The van der Waals surface area contributed by atoms with Crippen LogP contribution in [0.4, 0.5) is 14.6 Å². The van der Waals surface area contributed by atoms with E-state index < -0.39 is 33.9 Å². The van der Waals surface area contributed by atoms with Gasteiger partial charge in [0.25, 0.3) is 5.92 Å². The van der Waals surface area contributed by atoms with E-state index in [9.17, 15) is 31.9 Å². The number of hydrogen-bond acceptors (Lipinski definition) is 9. The second kappa shape index (κ2) is 14.1. The van der Waals surface area contributed by atoms with Crippen LogP contribution in [0.2, 0.25) is 0 Å². The van der Waals surface area contributed by atoms with E-state index >= 15 is 0 Å². The van der Waals surface area contributed by atoms with Crippen molar-refractivity contribution in [2.45, 2.75) is 68.9 Å². The number of amides is 1. The lowest BCUT2D eigenvalue weighted by molar-refractivity contribution is -0.138. The van der Waals surface area contributed by atoms with E-state index in [1.54, 1.807) is 23.1 Å². The molecule has 1 aliphatic carbocycles. The lowest BCUT2D eigenvalue weighted by atomic mass is 9.96. The highest BCUT2D eigenvalue weighted by molar-refractivity contribution is 7.89. The molecule has 4 aromatic rings. The number of aliphatic carboxylic acids is 1. The van der Waals surface area contributed by atoms with Gasteiger partial charge in [-0.1, -0.05) is 37.3 Å². The zero-order valence-electron chi connectivity index (χ0n) is 26.9. The molecule has 15 heteroatoms. The number of hydrogen-bond donors (Lipinski definition) is 2. The topological polar surface area (TPSA) is 159 Å². The first-order chi connectivity index (χ1) is 23.4. The van der Waals surface area contributed by atoms with E-state index in [4.69, 9.17) is 0 Å². The molecule has 1 fully saturated rings. The van der Waals surface area contributed by atoms with Crippen LogP contribution in [0.15, 0.2) is 66.1 Å². The van der Waals surface area contributed by atoms with Gasteiger partial charge in [-0.2, -0.15) is 4.31 Å². The lowest BCUT2D eigenvalue weighted by Gasteiger charge is -2.40. The van der Waals surface area contributed by atoms with Crippen LogP contribution >= 0.6 is 0 Å². The predicted molar refractivity (Wildman–Crippen MR) is 176 cm³/mol. The molecule has 258 valence electrons. The summed E-state index contributed by atoms with van der Waals surface area (Å²) in [4.78, 5) is 44.0. The van der Waals surface area contributed by atoms with Gasteiger partial charge in [0.05, 0.1) is 17.3 Å². The monoisotopic (exact) mass is 693 g/mol. The summed E-state index contributed by atoms with van der Waals surface area (Å²) in [6.45, 7) is 1.58. The van der Waals surface area contributed by atoms with Crippen molar-refractivity contribution in [3.05, 3.63) is 83.4 Å². The van der Waals surface area contributed by atoms with E-state index in [1.165, 1.54) is 54.2 Å². The largest absolute Gasteiger partial charge is 0.481 e. The van der Waals surface area contributed by atoms with E-state index in [0.29, 0.717) is 48.2 Å². The van der Waals surface area contributed by atoms with E-state index in [1.807, 2.05) is 0 Å². The number of benzene rings is 2. The number of halogens is 2. The number of carbonyl (C=O) groups is 2. The van der Waals surface area contributed by atoms with Gasteiger partial charge in [-0.25, -0.2) is 37.1 Å². The summed E-state index contributed by atoms with van der Waals surface area (Å²) >= 11 is 0. The zero-order valence-corrected chi connectivity index (χ0v) is 27.7. The Bertz CT molecular complexity index is 1960. The third-order valence-corrected chi connectivity index (χ3v) is 11.3. The fourth-order valence-electron chi connectivity index (χ4n) is 6.45. The Labute approximate surface area is 282 Å².